The second-order valence-electron chi connectivity index (χ2n) is 3.39. The molecule has 0 saturated carbocycles. The molecule has 5 nitrogen and oxygen atoms in total. The molecular weight excluding hydrogens is 254 g/mol. The van der Waals surface area contributed by atoms with Crippen molar-refractivity contribution < 1.29 is 9.53 Å². The highest BCUT2D eigenvalue weighted by molar-refractivity contribution is 6.34. The minimum absolute atomic E-state index is 0.241. The fraction of sp³-hybridized carbons (Fsp3) is 0.0833. The van der Waals surface area contributed by atoms with Crippen molar-refractivity contribution in [3.8, 4) is 6.01 Å². The SMILES string of the molecule is COc1ncc(NC(=O)c2ccccc2Cl)cn1. The van der Waals surface area contributed by atoms with Gasteiger partial charge >= 0.3 is 6.01 Å². The van der Waals surface area contributed by atoms with Gasteiger partial charge in [-0.25, -0.2) is 9.97 Å². The zero-order chi connectivity index (χ0) is 13.0. The van der Waals surface area contributed by atoms with Crippen LogP contribution in [0.15, 0.2) is 36.7 Å². The Morgan fingerprint density at radius 1 is 1.28 bits per heavy atom. The van der Waals surface area contributed by atoms with Gasteiger partial charge in [-0.2, -0.15) is 0 Å². The first-order chi connectivity index (χ1) is 8.70. The number of hydrogen-bond acceptors (Lipinski definition) is 4. The molecule has 6 heteroatoms. The summed E-state index contributed by atoms with van der Waals surface area (Å²) in [5, 5.41) is 3.04. The lowest BCUT2D eigenvalue weighted by molar-refractivity contribution is 0.102. The third-order valence-corrected chi connectivity index (χ3v) is 2.52. The molecule has 0 radical (unpaired) electrons. The molecule has 92 valence electrons. The highest BCUT2D eigenvalue weighted by atomic mass is 35.5. The van der Waals surface area contributed by atoms with E-state index in [1.165, 1.54) is 19.5 Å². The third kappa shape index (κ3) is 2.75. The van der Waals surface area contributed by atoms with Crippen molar-refractivity contribution >= 4 is 23.2 Å². The summed E-state index contributed by atoms with van der Waals surface area (Å²) in [5.41, 5.74) is 0.871. The van der Waals surface area contributed by atoms with Gasteiger partial charge in [-0.3, -0.25) is 4.79 Å². The fourth-order valence-electron chi connectivity index (χ4n) is 1.33. The van der Waals surface area contributed by atoms with E-state index >= 15 is 0 Å². The molecule has 0 aliphatic rings. The molecule has 2 aromatic rings. The molecule has 0 spiro atoms. The molecule has 0 saturated heterocycles. The van der Waals surface area contributed by atoms with Crippen LogP contribution in [0.2, 0.25) is 5.02 Å². The number of anilines is 1. The van der Waals surface area contributed by atoms with E-state index in [1.807, 2.05) is 0 Å². The van der Waals surface area contributed by atoms with Crippen molar-refractivity contribution in [2.75, 3.05) is 12.4 Å². The molecule has 1 amide bonds. The fourth-order valence-corrected chi connectivity index (χ4v) is 1.55. The number of carbonyl (C=O) groups is 1. The normalized spacial score (nSPS) is 9.89. The smallest absolute Gasteiger partial charge is 0.316 e. The molecule has 0 unspecified atom stereocenters. The minimum Gasteiger partial charge on any atom is -0.467 e. The molecule has 1 aromatic heterocycles. The van der Waals surface area contributed by atoms with E-state index in [0.717, 1.165) is 0 Å². The van der Waals surface area contributed by atoms with Gasteiger partial charge in [0.1, 0.15) is 0 Å². The van der Waals surface area contributed by atoms with Crippen molar-refractivity contribution in [3.05, 3.63) is 47.2 Å². The molecule has 2 rings (SSSR count). The topological polar surface area (TPSA) is 64.1 Å². The lowest BCUT2D eigenvalue weighted by Gasteiger charge is -2.06. The first kappa shape index (κ1) is 12.3. The molecule has 0 aliphatic carbocycles. The van der Waals surface area contributed by atoms with E-state index < -0.39 is 0 Å². The van der Waals surface area contributed by atoms with Crippen LogP contribution in [-0.2, 0) is 0 Å². The van der Waals surface area contributed by atoms with Gasteiger partial charge in [0.05, 0.1) is 35.8 Å². The van der Waals surface area contributed by atoms with Crippen LogP contribution in [0.5, 0.6) is 6.01 Å². The van der Waals surface area contributed by atoms with E-state index in [9.17, 15) is 4.79 Å². The van der Waals surface area contributed by atoms with Crippen LogP contribution < -0.4 is 10.1 Å². The predicted molar refractivity (Wildman–Crippen MR) is 68.0 cm³/mol. The second kappa shape index (κ2) is 5.46. The maximum atomic E-state index is 11.9. The largest absolute Gasteiger partial charge is 0.467 e. The monoisotopic (exact) mass is 263 g/mol. The Morgan fingerprint density at radius 2 is 1.94 bits per heavy atom. The maximum Gasteiger partial charge on any atom is 0.316 e. The van der Waals surface area contributed by atoms with Gasteiger partial charge < -0.3 is 10.1 Å². The van der Waals surface area contributed by atoms with Crippen molar-refractivity contribution in [2.45, 2.75) is 0 Å². The summed E-state index contributed by atoms with van der Waals surface area (Å²) in [6.45, 7) is 0. The number of hydrogen-bond donors (Lipinski definition) is 1. The average molecular weight is 264 g/mol. The van der Waals surface area contributed by atoms with Crippen LogP contribution in [0.25, 0.3) is 0 Å². The van der Waals surface area contributed by atoms with Gasteiger partial charge in [-0.15, -0.1) is 0 Å². The van der Waals surface area contributed by atoms with Crippen LogP contribution >= 0.6 is 11.6 Å². The molecule has 0 atom stereocenters. The van der Waals surface area contributed by atoms with Crippen molar-refractivity contribution in [3.63, 3.8) is 0 Å². The molecule has 1 heterocycles. The van der Waals surface area contributed by atoms with E-state index in [4.69, 9.17) is 16.3 Å². The molecule has 0 aliphatic heterocycles. The first-order valence-electron chi connectivity index (χ1n) is 5.12. The summed E-state index contributed by atoms with van der Waals surface area (Å²) in [5.74, 6) is -0.311. The number of methoxy groups -OCH3 is 1. The van der Waals surface area contributed by atoms with E-state index in [-0.39, 0.29) is 11.9 Å². The zero-order valence-electron chi connectivity index (χ0n) is 9.55. The number of amides is 1. The van der Waals surface area contributed by atoms with Gasteiger partial charge in [-0.05, 0) is 12.1 Å². The number of ether oxygens (including phenoxy) is 1. The summed E-state index contributed by atoms with van der Waals surface area (Å²) in [7, 11) is 1.47. The van der Waals surface area contributed by atoms with Crippen LogP contribution in [0.3, 0.4) is 0 Å². The van der Waals surface area contributed by atoms with Crippen molar-refractivity contribution in [2.24, 2.45) is 0 Å². The Morgan fingerprint density at radius 3 is 2.56 bits per heavy atom. The molecule has 1 aromatic carbocycles. The lowest BCUT2D eigenvalue weighted by atomic mass is 10.2. The van der Waals surface area contributed by atoms with Gasteiger partial charge in [0.25, 0.3) is 5.91 Å². The van der Waals surface area contributed by atoms with Crippen LogP contribution in [0, 0.1) is 0 Å². The second-order valence-corrected chi connectivity index (χ2v) is 3.80. The van der Waals surface area contributed by atoms with Gasteiger partial charge in [0.15, 0.2) is 0 Å². The number of aromatic nitrogens is 2. The van der Waals surface area contributed by atoms with Crippen molar-refractivity contribution in [1.29, 1.82) is 0 Å². The van der Waals surface area contributed by atoms with Crippen molar-refractivity contribution in [1.82, 2.24) is 9.97 Å². The molecule has 0 fully saturated rings. The third-order valence-electron chi connectivity index (χ3n) is 2.19. The Balaban J connectivity index is 2.14. The van der Waals surface area contributed by atoms with E-state index in [2.05, 4.69) is 15.3 Å². The standard InChI is InChI=1S/C12H10ClN3O2/c1-18-12-14-6-8(7-15-12)16-11(17)9-4-2-3-5-10(9)13/h2-7H,1H3,(H,16,17). The number of carbonyl (C=O) groups excluding carboxylic acids is 1. The number of halogens is 1. The Hall–Kier alpha value is -2.14. The van der Waals surface area contributed by atoms with Gasteiger partial charge in [0, 0.05) is 0 Å². The highest BCUT2D eigenvalue weighted by Gasteiger charge is 2.10. The summed E-state index contributed by atoms with van der Waals surface area (Å²) >= 11 is 5.92. The molecular formula is C12H10ClN3O2. The molecule has 1 N–H and O–H groups in total. The number of nitrogens with zero attached hydrogens (tertiary/aromatic N) is 2. The molecule has 18 heavy (non-hydrogen) atoms. The van der Waals surface area contributed by atoms with Gasteiger partial charge in [0.2, 0.25) is 0 Å². The zero-order valence-corrected chi connectivity index (χ0v) is 10.3. The summed E-state index contributed by atoms with van der Waals surface area (Å²) in [4.78, 5) is 19.7. The number of benzene rings is 1. The molecule has 0 bridgehead atoms. The highest BCUT2D eigenvalue weighted by Crippen LogP contribution is 2.16. The Kier molecular flexibility index (Phi) is 3.74. The summed E-state index contributed by atoms with van der Waals surface area (Å²) in [6.07, 6.45) is 2.92. The minimum atomic E-state index is -0.311. The van der Waals surface area contributed by atoms with E-state index in [1.54, 1.807) is 24.3 Å². The summed E-state index contributed by atoms with van der Waals surface area (Å²) in [6, 6.07) is 7.04. The summed E-state index contributed by atoms with van der Waals surface area (Å²) < 4.78 is 4.82. The van der Waals surface area contributed by atoms with Crippen LogP contribution in [-0.4, -0.2) is 23.0 Å². The maximum absolute atomic E-state index is 11.9. The Labute approximate surface area is 109 Å². The van der Waals surface area contributed by atoms with Gasteiger partial charge in [-0.1, -0.05) is 23.7 Å². The Bertz CT molecular complexity index is 558. The van der Waals surface area contributed by atoms with Crippen LogP contribution in [0.4, 0.5) is 5.69 Å². The predicted octanol–water partition coefficient (Wildman–Crippen LogP) is 2.39. The van der Waals surface area contributed by atoms with E-state index in [0.29, 0.717) is 16.3 Å². The quantitative estimate of drug-likeness (QED) is 0.923. The van der Waals surface area contributed by atoms with Crippen LogP contribution in [0.1, 0.15) is 10.4 Å². The first-order valence-corrected chi connectivity index (χ1v) is 5.50. The lowest BCUT2D eigenvalue weighted by Crippen LogP contribution is -2.12. The number of rotatable bonds is 3. The number of nitrogens with one attached hydrogen (secondary N) is 1. The average Bonchev–Trinajstić information content (AvgIpc) is 2.40.